The molecule has 17 heavy (non-hydrogen) atoms. The number of anilines is 1. The zero-order valence-corrected chi connectivity index (χ0v) is 10.2. The molecule has 0 radical (unpaired) electrons. The molecule has 1 aromatic carbocycles. The maximum absolute atomic E-state index is 8.87. The average Bonchev–Trinajstić information content (AvgIpc) is 2.40. The summed E-state index contributed by atoms with van der Waals surface area (Å²) in [6, 6.07) is 10.8. The number of hydrogen-bond donors (Lipinski definition) is 0. The number of hydrogen-bond acceptors (Lipinski definition) is 3. The SMILES string of the molecule is COc1ccc(N2CCCCC2CC#N)cc1. The molecule has 3 heteroatoms. The highest BCUT2D eigenvalue weighted by molar-refractivity contribution is 5.50. The number of ether oxygens (including phenoxy) is 1. The van der Waals surface area contributed by atoms with Gasteiger partial charge in [-0.15, -0.1) is 0 Å². The molecule has 0 aliphatic carbocycles. The van der Waals surface area contributed by atoms with Crippen molar-refractivity contribution in [3.63, 3.8) is 0 Å². The summed E-state index contributed by atoms with van der Waals surface area (Å²) in [5.74, 6) is 0.877. The highest BCUT2D eigenvalue weighted by atomic mass is 16.5. The van der Waals surface area contributed by atoms with Crippen LogP contribution in [0.2, 0.25) is 0 Å². The smallest absolute Gasteiger partial charge is 0.119 e. The van der Waals surface area contributed by atoms with E-state index in [1.807, 2.05) is 12.1 Å². The van der Waals surface area contributed by atoms with Crippen molar-refractivity contribution in [3.8, 4) is 11.8 Å². The Hall–Kier alpha value is -1.69. The molecule has 1 unspecified atom stereocenters. The average molecular weight is 230 g/mol. The molecule has 1 fully saturated rings. The fourth-order valence-corrected chi connectivity index (χ4v) is 2.43. The Kier molecular flexibility index (Phi) is 3.87. The van der Waals surface area contributed by atoms with Gasteiger partial charge in [-0.1, -0.05) is 0 Å². The van der Waals surface area contributed by atoms with Gasteiger partial charge in [0.25, 0.3) is 0 Å². The molecule has 0 amide bonds. The number of piperidine rings is 1. The van der Waals surface area contributed by atoms with E-state index >= 15 is 0 Å². The molecule has 0 spiro atoms. The zero-order valence-electron chi connectivity index (χ0n) is 10.2. The predicted octanol–water partition coefficient (Wildman–Crippen LogP) is 2.97. The summed E-state index contributed by atoms with van der Waals surface area (Å²) in [7, 11) is 1.67. The van der Waals surface area contributed by atoms with Gasteiger partial charge in [0, 0.05) is 18.3 Å². The van der Waals surface area contributed by atoms with Gasteiger partial charge in [0.1, 0.15) is 5.75 Å². The summed E-state index contributed by atoms with van der Waals surface area (Å²) in [5, 5.41) is 8.87. The maximum atomic E-state index is 8.87. The molecule has 90 valence electrons. The summed E-state index contributed by atoms with van der Waals surface area (Å²) in [6.07, 6.45) is 4.19. The maximum Gasteiger partial charge on any atom is 0.119 e. The van der Waals surface area contributed by atoms with Crippen LogP contribution in [0.5, 0.6) is 5.75 Å². The molecule has 3 nitrogen and oxygen atoms in total. The van der Waals surface area contributed by atoms with Crippen molar-refractivity contribution in [2.75, 3.05) is 18.6 Å². The van der Waals surface area contributed by atoms with Gasteiger partial charge in [-0.2, -0.15) is 5.26 Å². The number of nitriles is 1. The topological polar surface area (TPSA) is 36.3 Å². The number of nitrogens with zero attached hydrogens (tertiary/aromatic N) is 2. The molecular weight excluding hydrogens is 212 g/mol. The summed E-state index contributed by atoms with van der Waals surface area (Å²) in [4.78, 5) is 2.35. The first-order valence-electron chi connectivity index (χ1n) is 6.13. The van der Waals surface area contributed by atoms with Crippen molar-refractivity contribution in [3.05, 3.63) is 24.3 Å². The van der Waals surface area contributed by atoms with Gasteiger partial charge in [0.15, 0.2) is 0 Å². The van der Waals surface area contributed by atoms with E-state index in [9.17, 15) is 0 Å². The zero-order chi connectivity index (χ0) is 12.1. The Morgan fingerprint density at radius 2 is 2.12 bits per heavy atom. The van der Waals surface area contributed by atoms with Crippen molar-refractivity contribution in [2.24, 2.45) is 0 Å². The first-order valence-corrected chi connectivity index (χ1v) is 6.13. The largest absolute Gasteiger partial charge is 0.497 e. The molecule has 1 heterocycles. The lowest BCUT2D eigenvalue weighted by molar-refractivity contribution is 0.414. The summed E-state index contributed by atoms with van der Waals surface area (Å²) in [6.45, 7) is 1.05. The lowest BCUT2D eigenvalue weighted by Gasteiger charge is -2.36. The lowest BCUT2D eigenvalue weighted by Crippen LogP contribution is -2.39. The number of benzene rings is 1. The van der Waals surface area contributed by atoms with Crippen LogP contribution in [0.25, 0.3) is 0 Å². The van der Waals surface area contributed by atoms with Gasteiger partial charge in [0.2, 0.25) is 0 Å². The lowest BCUT2D eigenvalue weighted by atomic mass is 9.99. The van der Waals surface area contributed by atoms with Gasteiger partial charge in [-0.05, 0) is 43.5 Å². The third-order valence-corrected chi connectivity index (χ3v) is 3.36. The van der Waals surface area contributed by atoms with E-state index in [1.54, 1.807) is 7.11 Å². The Morgan fingerprint density at radius 3 is 2.76 bits per heavy atom. The van der Waals surface area contributed by atoms with Crippen LogP contribution in [0.3, 0.4) is 0 Å². The fraction of sp³-hybridized carbons (Fsp3) is 0.500. The second kappa shape index (κ2) is 5.58. The van der Waals surface area contributed by atoms with Crippen LogP contribution in [0, 0.1) is 11.3 Å². The first kappa shape index (κ1) is 11.8. The molecule has 1 atom stereocenters. The van der Waals surface area contributed by atoms with Crippen LogP contribution in [-0.2, 0) is 0 Å². The molecule has 0 aromatic heterocycles. The van der Waals surface area contributed by atoms with Crippen LogP contribution in [0.1, 0.15) is 25.7 Å². The minimum Gasteiger partial charge on any atom is -0.497 e. The third kappa shape index (κ3) is 2.71. The highest BCUT2D eigenvalue weighted by Gasteiger charge is 2.22. The van der Waals surface area contributed by atoms with Crippen molar-refractivity contribution < 1.29 is 4.74 Å². The van der Waals surface area contributed by atoms with Crippen LogP contribution >= 0.6 is 0 Å². The monoisotopic (exact) mass is 230 g/mol. The molecule has 1 aromatic rings. The van der Waals surface area contributed by atoms with Gasteiger partial charge in [0.05, 0.1) is 19.6 Å². The standard InChI is InChI=1S/C14H18N2O/c1-17-14-7-5-13(6-8-14)16-11-3-2-4-12(16)9-10-15/h5-8,12H,2-4,9,11H2,1H3. The summed E-state index contributed by atoms with van der Waals surface area (Å²) < 4.78 is 5.16. The van der Waals surface area contributed by atoms with Gasteiger partial charge < -0.3 is 9.64 Å². The van der Waals surface area contributed by atoms with Crippen molar-refractivity contribution in [1.82, 2.24) is 0 Å². The van der Waals surface area contributed by atoms with Crippen molar-refractivity contribution in [2.45, 2.75) is 31.7 Å². The second-order valence-electron chi connectivity index (χ2n) is 4.40. The summed E-state index contributed by atoms with van der Waals surface area (Å²) in [5.41, 5.74) is 1.20. The van der Waals surface area contributed by atoms with Crippen LogP contribution in [-0.4, -0.2) is 19.7 Å². The van der Waals surface area contributed by atoms with Crippen LogP contribution in [0.15, 0.2) is 24.3 Å². The van der Waals surface area contributed by atoms with E-state index in [4.69, 9.17) is 10.00 Å². The van der Waals surface area contributed by atoms with Crippen molar-refractivity contribution in [1.29, 1.82) is 5.26 Å². The highest BCUT2D eigenvalue weighted by Crippen LogP contribution is 2.27. The van der Waals surface area contributed by atoms with E-state index in [1.165, 1.54) is 18.5 Å². The first-order chi connectivity index (χ1) is 8.35. The number of rotatable bonds is 3. The molecule has 0 bridgehead atoms. The van der Waals surface area contributed by atoms with Gasteiger partial charge in [-0.25, -0.2) is 0 Å². The normalized spacial score (nSPS) is 19.8. The minimum absolute atomic E-state index is 0.377. The minimum atomic E-state index is 0.377. The molecule has 2 rings (SSSR count). The van der Waals surface area contributed by atoms with Gasteiger partial charge >= 0.3 is 0 Å². The Labute approximate surface area is 103 Å². The van der Waals surface area contributed by atoms with E-state index in [0.717, 1.165) is 18.7 Å². The number of methoxy groups -OCH3 is 1. The van der Waals surface area contributed by atoms with E-state index in [2.05, 4.69) is 23.1 Å². The van der Waals surface area contributed by atoms with Crippen molar-refractivity contribution >= 4 is 5.69 Å². The van der Waals surface area contributed by atoms with E-state index < -0.39 is 0 Å². The molecule has 1 saturated heterocycles. The van der Waals surface area contributed by atoms with E-state index in [-0.39, 0.29) is 0 Å². The van der Waals surface area contributed by atoms with E-state index in [0.29, 0.717) is 12.5 Å². The van der Waals surface area contributed by atoms with Gasteiger partial charge in [-0.3, -0.25) is 0 Å². The third-order valence-electron chi connectivity index (χ3n) is 3.36. The molecule has 0 saturated carbocycles. The van der Waals surface area contributed by atoms with Crippen LogP contribution in [0.4, 0.5) is 5.69 Å². The fourth-order valence-electron chi connectivity index (χ4n) is 2.43. The quantitative estimate of drug-likeness (QED) is 0.801. The Balaban J connectivity index is 2.14. The molecule has 1 aliphatic rings. The molecular formula is C14H18N2O. The predicted molar refractivity (Wildman–Crippen MR) is 68.2 cm³/mol. The molecule has 1 aliphatic heterocycles. The molecule has 0 N–H and O–H groups in total. The second-order valence-corrected chi connectivity index (χ2v) is 4.40. The summed E-state index contributed by atoms with van der Waals surface area (Å²) >= 11 is 0. The Bertz CT molecular complexity index is 394. The Morgan fingerprint density at radius 1 is 1.35 bits per heavy atom. The van der Waals surface area contributed by atoms with Crippen LogP contribution < -0.4 is 9.64 Å².